The number of alkyl halides is 2. The Balaban J connectivity index is 1.10. The van der Waals surface area contributed by atoms with E-state index < -0.39 is 18.6 Å². The molecule has 3 aliphatic heterocycles. The second kappa shape index (κ2) is 13.2. The van der Waals surface area contributed by atoms with Crippen molar-refractivity contribution in [2.45, 2.75) is 71.4 Å². The largest absolute Gasteiger partial charge is 0.480 e. The van der Waals surface area contributed by atoms with E-state index in [-0.39, 0.29) is 12.3 Å². The molecular weight excluding hydrogens is 646 g/mol. The molecule has 8 rings (SSSR count). The van der Waals surface area contributed by atoms with Gasteiger partial charge < -0.3 is 23.4 Å². The number of oxazole rings is 2. The molecule has 50 heavy (non-hydrogen) atoms. The molecule has 2 atom stereocenters. The molecule has 5 heterocycles. The standard InChI is InChI=1S/C38H38F2N4O6/c1-21-25(26-7-4-9-28(22(26)2)36-42-30-20-43(14-11-32(30)48-36)19-24-12-15-47-24)6-3-8-27(21)35-41-29-16-23(18-44-13-5-10-31(44)37(45)46)33(50-38(39)40)17-34(29)49-35/h3-4,6-9,16-17,24,31,38H,5,10-15,18-20H2,1-2H3,(H,45,46)/t24?,31-/m0/s1. The number of hydrogen-bond acceptors (Lipinski definition) is 9. The Morgan fingerprint density at radius 3 is 2.34 bits per heavy atom. The minimum absolute atomic E-state index is 0.0579. The van der Waals surface area contributed by atoms with Crippen LogP contribution in [-0.4, -0.2) is 75.8 Å². The van der Waals surface area contributed by atoms with Gasteiger partial charge in [0.2, 0.25) is 11.8 Å². The Kier molecular flexibility index (Phi) is 8.62. The average molecular weight is 685 g/mol. The van der Waals surface area contributed by atoms with Crippen molar-refractivity contribution in [1.82, 2.24) is 19.8 Å². The van der Waals surface area contributed by atoms with Crippen LogP contribution in [0.4, 0.5) is 8.78 Å². The van der Waals surface area contributed by atoms with Crippen molar-refractivity contribution in [2.24, 2.45) is 0 Å². The van der Waals surface area contributed by atoms with E-state index >= 15 is 0 Å². The maximum absolute atomic E-state index is 13.5. The van der Waals surface area contributed by atoms with Crippen molar-refractivity contribution in [1.29, 1.82) is 0 Å². The first-order chi connectivity index (χ1) is 24.2. The maximum Gasteiger partial charge on any atom is 0.387 e. The number of aromatic nitrogens is 2. The van der Waals surface area contributed by atoms with Crippen LogP contribution in [0, 0.1) is 13.8 Å². The summed E-state index contributed by atoms with van der Waals surface area (Å²) in [5, 5.41) is 9.64. The molecule has 3 aliphatic rings. The maximum atomic E-state index is 13.5. The molecule has 5 aromatic rings. The number of nitrogens with zero attached hydrogens (tertiary/aromatic N) is 4. The summed E-state index contributed by atoms with van der Waals surface area (Å²) in [4.78, 5) is 25.6. The Labute approximate surface area is 287 Å². The number of carboxylic acids is 1. The summed E-state index contributed by atoms with van der Waals surface area (Å²) in [6.07, 6.45) is 3.46. The van der Waals surface area contributed by atoms with Gasteiger partial charge in [0.25, 0.3) is 0 Å². The van der Waals surface area contributed by atoms with Crippen molar-refractivity contribution in [3.8, 4) is 39.8 Å². The summed E-state index contributed by atoms with van der Waals surface area (Å²) >= 11 is 0. The van der Waals surface area contributed by atoms with E-state index in [2.05, 4.69) is 24.0 Å². The van der Waals surface area contributed by atoms with Gasteiger partial charge in [-0.15, -0.1) is 0 Å². The van der Waals surface area contributed by atoms with E-state index in [1.807, 2.05) is 31.2 Å². The second-order valence-corrected chi connectivity index (χ2v) is 13.4. The summed E-state index contributed by atoms with van der Waals surface area (Å²) < 4.78 is 49.9. The summed E-state index contributed by atoms with van der Waals surface area (Å²) in [7, 11) is 0. The number of rotatable bonds is 10. The van der Waals surface area contributed by atoms with Gasteiger partial charge in [-0.2, -0.15) is 8.78 Å². The quantitative estimate of drug-likeness (QED) is 0.162. The van der Waals surface area contributed by atoms with Gasteiger partial charge in [-0.05, 0) is 80.1 Å². The van der Waals surface area contributed by atoms with Gasteiger partial charge in [0.05, 0.1) is 11.8 Å². The highest BCUT2D eigenvalue weighted by molar-refractivity contribution is 5.84. The predicted molar refractivity (Wildman–Crippen MR) is 181 cm³/mol. The molecule has 0 bridgehead atoms. The lowest BCUT2D eigenvalue weighted by Crippen LogP contribution is -2.42. The van der Waals surface area contributed by atoms with Crippen LogP contribution in [-0.2, 0) is 29.0 Å². The molecule has 0 radical (unpaired) electrons. The fraction of sp³-hybridized carbons (Fsp3) is 0.395. The van der Waals surface area contributed by atoms with Crippen molar-refractivity contribution >= 4 is 17.1 Å². The molecule has 12 heteroatoms. The minimum atomic E-state index is -3.05. The summed E-state index contributed by atoms with van der Waals surface area (Å²) in [5.41, 5.74) is 7.84. The van der Waals surface area contributed by atoms with Crippen LogP contribution in [0.2, 0.25) is 0 Å². The Hall–Kier alpha value is -4.65. The molecule has 3 aromatic carbocycles. The number of likely N-dealkylation sites (tertiary alicyclic amines) is 1. The van der Waals surface area contributed by atoms with Crippen molar-refractivity contribution in [2.75, 3.05) is 26.2 Å². The third-order valence-corrected chi connectivity index (χ3v) is 10.3. The first-order valence-electron chi connectivity index (χ1n) is 17.1. The van der Waals surface area contributed by atoms with Crippen molar-refractivity contribution in [3.05, 3.63) is 76.7 Å². The number of fused-ring (bicyclic) bond motifs is 2. The molecule has 2 aromatic heterocycles. The SMILES string of the molecule is Cc1c(-c2nc3c(o2)CCN(CC2CCO2)C3)cccc1-c1cccc(-c2nc3cc(CN4CCC[C@H]4C(=O)O)c(OC(F)F)cc3o2)c1C. The minimum Gasteiger partial charge on any atom is -0.480 e. The van der Waals surface area contributed by atoms with Crippen LogP contribution < -0.4 is 4.74 Å². The van der Waals surface area contributed by atoms with Crippen LogP contribution >= 0.6 is 0 Å². The molecule has 1 unspecified atom stereocenters. The van der Waals surface area contributed by atoms with Gasteiger partial charge in [0, 0.05) is 62.0 Å². The Morgan fingerprint density at radius 1 is 0.980 bits per heavy atom. The van der Waals surface area contributed by atoms with Crippen LogP contribution in [0.5, 0.6) is 5.75 Å². The molecule has 260 valence electrons. The molecule has 0 aliphatic carbocycles. The lowest BCUT2D eigenvalue weighted by atomic mass is 9.91. The molecule has 10 nitrogen and oxygen atoms in total. The number of benzene rings is 3. The first kappa shape index (κ1) is 32.5. The van der Waals surface area contributed by atoms with E-state index in [1.165, 1.54) is 6.07 Å². The lowest BCUT2D eigenvalue weighted by Gasteiger charge is -2.33. The second-order valence-electron chi connectivity index (χ2n) is 13.4. The lowest BCUT2D eigenvalue weighted by molar-refractivity contribution is -0.142. The number of halogens is 2. The van der Waals surface area contributed by atoms with E-state index in [0.717, 1.165) is 83.9 Å². The molecule has 2 fully saturated rings. The zero-order valence-electron chi connectivity index (χ0n) is 28.0. The highest BCUT2D eigenvalue weighted by Crippen LogP contribution is 2.39. The van der Waals surface area contributed by atoms with Gasteiger partial charge >= 0.3 is 12.6 Å². The van der Waals surface area contributed by atoms with Gasteiger partial charge in [0.15, 0.2) is 5.58 Å². The molecular formula is C38H38F2N4O6. The van der Waals surface area contributed by atoms with Crippen LogP contribution in [0.15, 0.2) is 57.4 Å². The summed E-state index contributed by atoms with van der Waals surface area (Å²) in [5.74, 6) is 0.913. The van der Waals surface area contributed by atoms with Gasteiger partial charge in [-0.25, -0.2) is 9.97 Å². The fourth-order valence-electron chi connectivity index (χ4n) is 7.52. The molecule has 0 saturated carbocycles. The number of carboxylic acid groups (broad SMARTS) is 1. The van der Waals surface area contributed by atoms with Crippen LogP contribution in [0.25, 0.3) is 45.1 Å². The van der Waals surface area contributed by atoms with E-state index in [0.29, 0.717) is 53.9 Å². The first-order valence-corrected chi connectivity index (χ1v) is 17.1. The monoisotopic (exact) mass is 684 g/mol. The van der Waals surface area contributed by atoms with E-state index in [9.17, 15) is 18.7 Å². The van der Waals surface area contributed by atoms with E-state index in [4.69, 9.17) is 28.3 Å². The normalized spacial score (nSPS) is 19.6. The topological polar surface area (TPSA) is 114 Å². The van der Waals surface area contributed by atoms with Gasteiger partial charge in [-0.3, -0.25) is 14.6 Å². The number of hydrogen-bond donors (Lipinski definition) is 1. The highest BCUT2D eigenvalue weighted by Gasteiger charge is 2.32. The number of carbonyl (C=O) groups is 1. The van der Waals surface area contributed by atoms with Gasteiger partial charge in [-0.1, -0.05) is 24.3 Å². The van der Waals surface area contributed by atoms with Crippen molar-refractivity contribution in [3.63, 3.8) is 0 Å². The smallest absolute Gasteiger partial charge is 0.387 e. The van der Waals surface area contributed by atoms with Gasteiger partial charge in [0.1, 0.15) is 23.1 Å². The van der Waals surface area contributed by atoms with Crippen molar-refractivity contribution < 1.29 is 37.0 Å². The fourth-order valence-corrected chi connectivity index (χ4v) is 7.52. The summed E-state index contributed by atoms with van der Waals surface area (Å²) in [6.45, 7) is 5.16. The predicted octanol–water partition coefficient (Wildman–Crippen LogP) is 7.23. The zero-order valence-corrected chi connectivity index (χ0v) is 28.0. The molecule has 2 saturated heterocycles. The molecule has 1 N–H and O–H groups in total. The number of aliphatic carboxylic acids is 1. The van der Waals surface area contributed by atoms with Crippen LogP contribution in [0.1, 0.15) is 47.4 Å². The molecule has 0 spiro atoms. The third-order valence-electron chi connectivity index (χ3n) is 10.3. The Bertz CT molecular complexity index is 2070. The van der Waals surface area contributed by atoms with Crippen LogP contribution in [0.3, 0.4) is 0 Å². The summed E-state index contributed by atoms with van der Waals surface area (Å²) in [6, 6.07) is 14.4. The van der Waals surface area contributed by atoms with E-state index in [1.54, 1.807) is 11.0 Å². The number of ether oxygens (including phenoxy) is 2. The Morgan fingerprint density at radius 2 is 1.68 bits per heavy atom. The highest BCUT2D eigenvalue weighted by atomic mass is 19.3. The zero-order chi connectivity index (χ0) is 34.5. The third kappa shape index (κ3) is 6.16. The molecule has 0 amide bonds. The average Bonchev–Trinajstić information content (AvgIpc) is 3.81.